The number of fused-ring (bicyclic) bond motifs is 1. The molecule has 3 N–H and O–H groups in total. The van der Waals surface area contributed by atoms with E-state index in [9.17, 15) is 28.0 Å². The van der Waals surface area contributed by atoms with Crippen LogP contribution in [0.25, 0.3) is 6.08 Å². The molecule has 2 atom stereocenters. The van der Waals surface area contributed by atoms with Crippen LogP contribution in [0, 0.1) is 0 Å². The maximum atomic E-state index is 14.8. The van der Waals surface area contributed by atoms with Crippen molar-refractivity contribution in [2.24, 2.45) is 10.3 Å². The van der Waals surface area contributed by atoms with Gasteiger partial charge in [0.2, 0.25) is 0 Å². The van der Waals surface area contributed by atoms with Crippen molar-refractivity contribution >= 4 is 47.2 Å². The largest absolute Gasteiger partial charge is 0.378 e. The number of nitrogens with zero attached hydrogens (tertiary/aromatic N) is 5. The summed E-state index contributed by atoms with van der Waals surface area (Å²) in [6.07, 6.45) is 7.43. The number of benzene rings is 2. The number of pyridine rings is 1. The number of hydrazine groups is 1. The number of rotatable bonds is 20. The molecule has 0 aliphatic carbocycles. The Bertz CT molecular complexity index is 1950. The first kappa shape index (κ1) is 41.4. The van der Waals surface area contributed by atoms with Gasteiger partial charge in [0.25, 0.3) is 23.6 Å². The maximum absolute atomic E-state index is 14.8. The Kier molecular flexibility index (Phi) is 14.3. The Morgan fingerprint density at radius 2 is 1.86 bits per heavy atom. The van der Waals surface area contributed by atoms with Crippen molar-refractivity contribution < 1.29 is 37.5 Å². The van der Waals surface area contributed by atoms with Gasteiger partial charge in [-0.05, 0) is 60.4 Å². The highest BCUT2D eigenvalue weighted by Gasteiger charge is 2.33. The van der Waals surface area contributed by atoms with E-state index >= 15 is 0 Å². The maximum Gasteiger partial charge on any atom is 0.335 e. The van der Waals surface area contributed by atoms with Crippen LogP contribution in [0.1, 0.15) is 84.6 Å². The summed E-state index contributed by atoms with van der Waals surface area (Å²) in [6.45, 7) is 1.53. The average molecular weight is 805 g/mol. The lowest BCUT2D eigenvalue weighted by molar-refractivity contribution is -0.198. The van der Waals surface area contributed by atoms with Crippen molar-refractivity contribution in [2.45, 2.75) is 85.6 Å². The summed E-state index contributed by atoms with van der Waals surface area (Å²) in [4.78, 5) is 58.3. The van der Waals surface area contributed by atoms with Crippen LogP contribution in [0.4, 0.5) is 14.5 Å². The number of halogens is 2. The predicted molar refractivity (Wildman–Crippen MR) is 208 cm³/mol. The zero-order valence-corrected chi connectivity index (χ0v) is 32.4. The number of amides is 3. The molecular weight excluding hydrogens is 759 g/mol. The Hall–Kier alpha value is -5.26. The second-order valence-electron chi connectivity index (χ2n) is 14.0. The van der Waals surface area contributed by atoms with E-state index in [1.807, 2.05) is 53.6 Å². The zero-order chi connectivity index (χ0) is 40.2. The van der Waals surface area contributed by atoms with E-state index in [1.165, 1.54) is 18.0 Å². The highest BCUT2D eigenvalue weighted by atomic mass is 32.2. The number of anilines is 1. The highest BCUT2D eigenvalue weighted by molar-refractivity contribution is 7.99. The van der Waals surface area contributed by atoms with Gasteiger partial charge in [-0.25, -0.2) is 19.0 Å². The van der Waals surface area contributed by atoms with Crippen LogP contribution in [0.3, 0.4) is 0 Å². The molecule has 14 nitrogen and oxygen atoms in total. The lowest BCUT2D eigenvalue weighted by Gasteiger charge is -2.17. The van der Waals surface area contributed by atoms with Gasteiger partial charge in [-0.15, -0.1) is 5.06 Å². The number of nitrogens with one attached hydrogen (secondary N) is 3. The average Bonchev–Trinajstić information content (AvgIpc) is 3.92. The van der Waals surface area contributed by atoms with E-state index in [1.54, 1.807) is 25.2 Å². The third kappa shape index (κ3) is 11.9. The number of unbranched alkanes of at least 4 members (excludes halogenated alkanes) is 3. The van der Waals surface area contributed by atoms with E-state index in [4.69, 9.17) is 9.57 Å². The first-order valence-corrected chi connectivity index (χ1v) is 19.8. The lowest BCUT2D eigenvalue weighted by Crippen LogP contribution is -2.32. The number of carbonyl (C=O) groups is 4. The zero-order valence-electron chi connectivity index (χ0n) is 31.6. The van der Waals surface area contributed by atoms with Crippen LogP contribution >= 0.6 is 11.8 Å². The highest BCUT2D eigenvalue weighted by Crippen LogP contribution is 2.37. The molecule has 1 aromatic heterocycles. The van der Waals surface area contributed by atoms with Gasteiger partial charge in [0.15, 0.2) is 0 Å². The summed E-state index contributed by atoms with van der Waals surface area (Å²) < 4.78 is 35.2. The Morgan fingerprint density at radius 1 is 1.05 bits per heavy atom. The van der Waals surface area contributed by atoms with Crippen LogP contribution in [0.2, 0.25) is 0 Å². The molecule has 0 saturated carbocycles. The van der Waals surface area contributed by atoms with Gasteiger partial charge in [-0.3, -0.25) is 24.4 Å². The minimum absolute atomic E-state index is 0.0369. The number of aromatic nitrogens is 1. The molecule has 3 amide bonds. The Morgan fingerprint density at radius 3 is 2.65 bits per heavy atom. The molecule has 1 saturated heterocycles. The number of imide groups is 1. The molecule has 3 aliphatic heterocycles. The van der Waals surface area contributed by atoms with Gasteiger partial charge in [0, 0.05) is 55.3 Å². The van der Waals surface area contributed by atoms with Gasteiger partial charge < -0.3 is 20.3 Å². The molecule has 57 heavy (non-hydrogen) atoms. The number of hydrogen-bond donors (Lipinski definition) is 3. The minimum Gasteiger partial charge on any atom is -0.378 e. The molecule has 2 unspecified atom stereocenters. The molecule has 17 heteroatoms. The molecule has 3 aliphatic rings. The van der Waals surface area contributed by atoms with Crippen LogP contribution in [0.5, 0.6) is 0 Å². The number of carbonyl (C=O) groups excluding carboxylic acids is 4. The normalized spacial score (nSPS) is 17.7. The van der Waals surface area contributed by atoms with E-state index in [0.29, 0.717) is 47.8 Å². The minimum atomic E-state index is -2.83. The van der Waals surface area contributed by atoms with Crippen molar-refractivity contribution in [1.82, 2.24) is 25.8 Å². The molecular formula is C40H46F2N8O6S. The number of ether oxygens (including phenoxy) is 1. The van der Waals surface area contributed by atoms with E-state index in [2.05, 4.69) is 31.5 Å². The summed E-state index contributed by atoms with van der Waals surface area (Å²) in [5, 5.41) is 13.3. The first-order valence-electron chi connectivity index (χ1n) is 19.0. The molecule has 3 aromatic rings. The quantitative estimate of drug-likeness (QED) is 0.0847. The van der Waals surface area contributed by atoms with Gasteiger partial charge in [0.05, 0.1) is 49.2 Å². The lowest BCUT2D eigenvalue weighted by atomic mass is 10.0. The summed E-state index contributed by atoms with van der Waals surface area (Å²) in [6, 6.07) is 16.7. The second kappa shape index (κ2) is 19.7. The van der Waals surface area contributed by atoms with Crippen LogP contribution in [-0.4, -0.2) is 84.1 Å². The van der Waals surface area contributed by atoms with Gasteiger partial charge in [-0.2, -0.15) is 5.11 Å². The topological polar surface area (TPSA) is 167 Å². The van der Waals surface area contributed by atoms with Crippen LogP contribution in [-0.2, 0) is 30.4 Å². The third-order valence-electron chi connectivity index (χ3n) is 9.51. The molecule has 0 spiro atoms. The fourth-order valence-corrected chi connectivity index (χ4v) is 7.47. The van der Waals surface area contributed by atoms with E-state index in [0.717, 1.165) is 33.9 Å². The summed E-state index contributed by atoms with van der Waals surface area (Å²) >= 11 is 1.52. The van der Waals surface area contributed by atoms with Gasteiger partial charge in [-0.1, -0.05) is 60.2 Å². The molecule has 1 fully saturated rings. The van der Waals surface area contributed by atoms with Crippen molar-refractivity contribution in [3.63, 3.8) is 0 Å². The van der Waals surface area contributed by atoms with Crippen molar-refractivity contribution in [3.8, 4) is 0 Å². The summed E-state index contributed by atoms with van der Waals surface area (Å²) in [7, 11) is 1.61. The Labute approximate surface area is 333 Å². The fourth-order valence-electron chi connectivity index (χ4n) is 6.49. The molecule has 2 aromatic carbocycles. The predicted octanol–water partition coefficient (Wildman–Crippen LogP) is 6.47. The van der Waals surface area contributed by atoms with Gasteiger partial charge in [0.1, 0.15) is 6.04 Å². The van der Waals surface area contributed by atoms with Crippen molar-refractivity contribution in [3.05, 3.63) is 89.3 Å². The standard InChI is InChI=1S/C40H46F2N8O6S/c1-43-39(54)32-8-4-5-9-35(32)57-30-13-14-31-33(46-47-34(31)22-30)15-12-28-11-10-27(24-44-28)23-40(41,42)19-6-2-3-7-20-49-25-29(45-48-49)26-55-21-18-38(53)56-50-36(51)16-17-37(50)52/h4-5,8-15,22,24,29,33,46-47H,2-3,6-7,16-21,23,25-26H2,1H3,(H,43,54)/b15-12+. The van der Waals surface area contributed by atoms with Crippen molar-refractivity contribution in [2.75, 3.05) is 38.8 Å². The van der Waals surface area contributed by atoms with Crippen LogP contribution in [0.15, 0.2) is 87.0 Å². The SMILES string of the molecule is CNC(=O)c1ccccc1Sc1ccc2c(c1)NNC2/C=C/c1ccc(CC(F)(F)CCCCCCN2CC(COCCC(=O)ON3C(=O)CCC3=O)N=N2)cn1. The van der Waals surface area contributed by atoms with E-state index in [-0.39, 0.29) is 63.3 Å². The monoisotopic (exact) mass is 804 g/mol. The molecule has 6 rings (SSSR count). The fraction of sp³-hybridized carbons (Fsp3) is 0.425. The van der Waals surface area contributed by atoms with Gasteiger partial charge >= 0.3 is 5.97 Å². The van der Waals surface area contributed by atoms with Crippen LogP contribution < -0.4 is 16.2 Å². The molecule has 0 radical (unpaired) electrons. The molecule has 0 bridgehead atoms. The number of hydroxylamine groups is 2. The van der Waals surface area contributed by atoms with Crippen molar-refractivity contribution in [1.29, 1.82) is 0 Å². The summed E-state index contributed by atoms with van der Waals surface area (Å²) in [5.74, 6) is -4.75. The summed E-state index contributed by atoms with van der Waals surface area (Å²) in [5.41, 5.74) is 10.2. The second-order valence-corrected chi connectivity index (χ2v) is 15.1. The Balaban J connectivity index is 0.836. The molecule has 302 valence electrons. The third-order valence-corrected chi connectivity index (χ3v) is 10.6. The molecule has 4 heterocycles. The first-order chi connectivity index (χ1) is 27.6. The smallest absolute Gasteiger partial charge is 0.335 e. The number of alkyl halides is 2. The number of hydrogen-bond acceptors (Lipinski definition) is 13. The van der Waals surface area contributed by atoms with E-state index < -0.39 is 23.7 Å².